The van der Waals surface area contributed by atoms with Crippen molar-refractivity contribution in [3.63, 3.8) is 0 Å². The number of hydrogen-bond donors (Lipinski definition) is 2. The highest BCUT2D eigenvalue weighted by Crippen LogP contribution is 2.29. The number of hydrogen-bond acceptors (Lipinski definition) is 10. The quantitative estimate of drug-likeness (QED) is 0.332. The van der Waals surface area contributed by atoms with Crippen LogP contribution in [0.1, 0.15) is 21.0 Å². The Morgan fingerprint density at radius 2 is 0.917 bits per heavy atom. The van der Waals surface area contributed by atoms with Gasteiger partial charge in [0, 0.05) is 32.9 Å². The molecule has 5 aromatic rings. The van der Waals surface area contributed by atoms with Crippen molar-refractivity contribution < 1.29 is 19.1 Å². The number of rotatable bonds is 6. The van der Waals surface area contributed by atoms with Crippen LogP contribution < -0.4 is 10.6 Å². The largest absolute Gasteiger partial charge is 0.464 e. The molecule has 2 N–H and O–H groups in total. The summed E-state index contributed by atoms with van der Waals surface area (Å²) in [6.07, 6.45) is 0. The summed E-state index contributed by atoms with van der Waals surface area (Å²) in [6.45, 7) is 0. The van der Waals surface area contributed by atoms with Gasteiger partial charge in [-0.3, -0.25) is 0 Å². The lowest BCUT2D eigenvalue weighted by Gasteiger charge is -2.12. The number of nitrogens with one attached hydrogen (secondary N) is 2. The Morgan fingerprint density at radius 1 is 0.556 bits per heavy atom. The number of carbonyl (C=O) groups is 2. The fraction of sp³-hybridized carbons (Fsp3) is 0.0769. The summed E-state index contributed by atoms with van der Waals surface area (Å²) in [6, 6.07) is 22.1. The molecule has 0 bridgehead atoms. The Labute approximate surface area is 205 Å². The van der Waals surface area contributed by atoms with Gasteiger partial charge in [-0.25, -0.2) is 9.59 Å². The van der Waals surface area contributed by atoms with Crippen LogP contribution in [0.4, 0.5) is 23.0 Å². The summed E-state index contributed by atoms with van der Waals surface area (Å²) in [4.78, 5) is 24.1. The van der Waals surface area contributed by atoms with Crippen molar-refractivity contribution in [3.8, 4) is 0 Å². The highest BCUT2D eigenvalue weighted by Gasteiger charge is 2.17. The molecule has 178 valence electrons. The maximum absolute atomic E-state index is 12.0. The fourth-order valence-corrected chi connectivity index (χ4v) is 3.80. The molecule has 2 heterocycles. The molecule has 0 atom stereocenters. The first-order valence-electron chi connectivity index (χ1n) is 10.9. The smallest absolute Gasteiger partial charge is 0.359 e. The third kappa shape index (κ3) is 4.23. The van der Waals surface area contributed by atoms with E-state index < -0.39 is 11.9 Å². The molecule has 0 fully saturated rings. The van der Waals surface area contributed by atoms with Gasteiger partial charge in [0.1, 0.15) is 0 Å². The number of carbonyl (C=O) groups excluding carboxylic acids is 2. The fourth-order valence-electron chi connectivity index (χ4n) is 3.80. The predicted molar refractivity (Wildman–Crippen MR) is 135 cm³/mol. The summed E-state index contributed by atoms with van der Waals surface area (Å²) < 4.78 is 9.63. The molecule has 0 amide bonds. The maximum Gasteiger partial charge on any atom is 0.359 e. The van der Waals surface area contributed by atoms with Crippen molar-refractivity contribution in [2.75, 3.05) is 24.9 Å². The Kier molecular flexibility index (Phi) is 6.06. The van der Waals surface area contributed by atoms with E-state index in [-0.39, 0.29) is 11.4 Å². The van der Waals surface area contributed by atoms with Crippen LogP contribution in [0.3, 0.4) is 0 Å². The molecule has 3 aromatic carbocycles. The van der Waals surface area contributed by atoms with E-state index >= 15 is 0 Å². The molecule has 0 aliphatic heterocycles. The summed E-state index contributed by atoms with van der Waals surface area (Å²) in [5.74, 6) is -0.0738. The number of nitrogens with zero attached hydrogens (tertiary/aromatic N) is 4. The van der Waals surface area contributed by atoms with Gasteiger partial charge in [-0.05, 0) is 24.3 Å². The van der Waals surface area contributed by atoms with Gasteiger partial charge in [-0.2, -0.15) is 0 Å². The van der Waals surface area contributed by atoms with Crippen molar-refractivity contribution >= 4 is 56.5 Å². The molecule has 0 radical (unpaired) electrons. The van der Waals surface area contributed by atoms with Crippen molar-refractivity contribution in [3.05, 3.63) is 84.2 Å². The van der Waals surface area contributed by atoms with Crippen molar-refractivity contribution in [2.45, 2.75) is 0 Å². The SMILES string of the molecule is COC(=O)c1nnc(Nc2ccc(Nc3nnc(C(=O)OC)c4ccccc34)cc2)c2ccccc12. The van der Waals surface area contributed by atoms with E-state index in [1.807, 2.05) is 60.7 Å². The van der Waals surface area contributed by atoms with Gasteiger partial charge >= 0.3 is 11.9 Å². The lowest BCUT2D eigenvalue weighted by molar-refractivity contribution is 0.0586. The molecule has 0 unspecified atom stereocenters. The average Bonchev–Trinajstić information content (AvgIpc) is 2.93. The zero-order valence-corrected chi connectivity index (χ0v) is 19.4. The van der Waals surface area contributed by atoms with E-state index in [2.05, 4.69) is 31.0 Å². The Hall–Kier alpha value is -5.12. The molecule has 0 aliphatic carbocycles. The normalized spacial score (nSPS) is 10.7. The van der Waals surface area contributed by atoms with E-state index in [0.717, 1.165) is 22.1 Å². The Balaban J connectivity index is 1.41. The molecule has 10 nitrogen and oxygen atoms in total. The minimum absolute atomic E-state index is 0.157. The zero-order chi connectivity index (χ0) is 25.1. The number of esters is 2. The monoisotopic (exact) mass is 480 g/mol. The second-order valence-corrected chi connectivity index (χ2v) is 7.70. The topological polar surface area (TPSA) is 128 Å². The highest BCUT2D eigenvalue weighted by atomic mass is 16.5. The van der Waals surface area contributed by atoms with Crippen molar-refractivity contribution in [1.82, 2.24) is 20.4 Å². The summed E-state index contributed by atoms with van der Waals surface area (Å²) in [7, 11) is 2.62. The number of fused-ring (bicyclic) bond motifs is 2. The first kappa shape index (κ1) is 22.7. The third-order valence-electron chi connectivity index (χ3n) is 5.54. The molecule has 0 spiro atoms. The predicted octanol–water partition coefficient (Wildman–Crippen LogP) is 4.63. The third-order valence-corrected chi connectivity index (χ3v) is 5.54. The lowest BCUT2D eigenvalue weighted by atomic mass is 10.1. The average molecular weight is 480 g/mol. The second-order valence-electron chi connectivity index (χ2n) is 7.70. The van der Waals surface area contributed by atoms with Crippen LogP contribution in [0.5, 0.6) is 0 Å². The van der Waals surface area contributed by atoms with Crippen molar-refractivity contribution in [1.29, 1.82) is 0 Å². The highest BCUT2D eigenvalue weighted by molar-refractivity contribution is 6.07. The van der Waals surface area contributed by atoms with Gasteiger partial charge in [0.25, 0.3) is 0 Å². The standard InChI is InChI=1S/C26H20N6O4/c1-35-25(33)21-17-7-3-5-9-19(17)23(31-29-21)27-15-11-13-16(14-12-15)28-24-20-10-6-4-8-18(20)22(30-32-24)26(34)36-2/h3-14H,1-2H3,(H,27,31)(H,28,32). The van der Waals surface area contributed by atoms with Crippen molar-refractivity contribution in [2.24, 2.45) is 0 Å². The summed E-state index contributed by atoms with van der Waals surface area (Å²) in [5.41, 5.74) is 1.85. The van der Waals surface area contributed by atoms with Gasteiger partial charge in [0.15, 0.2) is 23.0 Å². The zero-order valence-electron chi connectivity index (χ0n) is 19.4. The van der Waals surface area contributed by atoms with Gasteiger partial charge in [0.2, 0.25) is 0 Å². The summed E-state index contributed by atoms with van der Waals surface area (Å²) in [5, 5.41) is 25.7. The minimum atomic E-state index is -0.545. The van der Waals surface area contributed by atoms with Crippen LogP contribution in [0.2, 0.25) is 0 Å². The lowest BCUT2D eigenvalue weighted by Crippen LogP contribution is -2.09. The van der Waals surface area contributed by atoms with Crippen LogP contribution >= 0.6 is 0 Å². The molecule has 2 aromatic heterocycles. The molecule has 0 saturated carbocycles. The van der Waals surface area contributed by atoms with E-state index in [1.165, 1.54) is 14.2 Å². The Morgan fingerprint density at radius 3 is 1.28 bits per heavy atom. The molecular weight excluding hydrogens is 460 g/mol. The number of methoxy groups -OCH3 is 2. The number of benzene rings is 3. The molecule has 0 saturated heterocycles. The van der Waals surface area contributed by atoms with Gasteiger partial charge in [-0.1, -0.05) is 48.5 Å². The molecule has 10 heteroatoms. The van der Waals surface area contributed by atoms with E-state index in [4.69, 9.17) is 9.47 Å². The molecule has 0 aliphatic rings. The van der Waals surface area contributed by atoms with Crippen LogP contribution in [-0.4, -0.2) is 46.6 Å². The van der Waals surface area contributed by atoms with Gasteiger partial charge in [-0.15, -0.1) is 20.4 Å². The van der Waals surface area contributed by atoms with Crippen LogP contribution in [0, 0.1) is 0 Å². The molecule has 5 rings (SSSR count). The van der Waals surface area contributed by atoms with E-state index in [9.17, 15) is 9.59 Å². The van der Waals surface area contributed by atoms with Crippen LogP contribution in [0.25, 0.3) is 21.5 Å². The van der Waals surface area contributed by atoms with E-state index in [1.54, 1.807) is 12.1 Å². The van der Waals surface area contributed by atoms with Gasteiger partial charge in [0.05, 0.1) is 14.2 Å². The molecular formula is C26H20N6O4. The molecule has 36 heavy (non-hydrogen) atoms. The van der Waals surface area contributed by atoms with Crippen LogP contribution in [0.15, 0.2) is 72.8 Å². The first-order chi connectivity index (χ1) is 17.6. The summed E-state index contributed by atoms with van der Waals surface area (Å²) >= 11 is 0. The number of anilines is 4. The number of ether oxygens (including phenoxy) is 2. The maximum atomic E-state index is 12.0. The minimum Gasteiger partial charge on any atom is -0.464 e. The second kappa shape index (κ2) is 9.63. The van der Waals surface area contributed by atoms with E-state index in [0.29, 0.717) is 22.4 Å². The number of aromatic nitrogens is 4. The van der Waals surface area contributed by atoms with Crippen LogP contribution in [-0.2, 0) is 9.47 Å². The van der Waals surface area contributed by atoms with Gasteiger partial charge < -0.3 is 20.1 Å². The Bertz CT molecular complexity index is 1480. The first-order valence-corrected chi connectivity index (χ1v) is 10.9.